The quantitative estimate of drug-likeness (QED) is 0.920. The number of nitrogens with two attached hydrogens (primary N) is 1. The minimum absolute atomic E-state index is 0.121. The number of benzene rings is 1. The van der Waals surface area contributed by atoms with E-state index in [2.05, 4.69) is 0 Å². The lowest BCUT2D eigenvalue weighted by atomic mass is 10.2. The van der Waals surface area contributed by atoms with E-state index in [1.54, 1.807) is 24.3 Å². The zero-order valence-corrected chi connectivity index (χ0v) is 12.5. The molecule has 7 heteroatoms. The van der Waals surface area contributed by atoms with E-state index in [0.717, 1.165) is 16.2 Å². The average Bonchev–Trinajstić information content (AvgIpc) is 2.88. The normalized spacial score (nSPS) is 12.0. The summed E-state index contributed by atoms with van der Waals surface area (Å²) in [7, 11) is -2.09. The first-order chi connectivity index (χ1) is 9.43. The van der Waals surface area contributed by atoms with Gasteiger partial charge in [-0.2, -0.15) is 4.31 Å². The highest BCUT2D eigenvalue weighted by Gasteiger charge is 2.22. The van der Waals surface area contributed by atoms with Crippen LogP contribution in [0.1, 0.15) is 10.4 Å². The fourth-order valence-corrected chi connectivity index (χ4v) is 4.34. The largest absolute Gasteiger partial charge is 0.326 e. The summed E-state index contributed by atoms with van der Waals surface area (Å²) >= 11 is 1.15. The lowest BCUT2D eigenvalue weighted by molar-refractivity contribution is 0.467. The number of thiophene rings is 1. The first-order valence-electron chi connectivity index (χ1n) is 5.93. The maximum atomic E-state index is 13.1. The molecule has 0 radical (unpaired) electrons. The molecule has 0 amide bonds. The van der Waals surface area contributed by atoms with Crippen molar-refractivity contribution in [2.45, 2.75) is 17.3 Å². The zero-order chi connectivity index (χ0) is 14.8. The average molecular weight is 314 g/mol. The van der Waals surface area contributed by atoms with E-state index in [1.807, 2.05) is 0 Å². The van der Waals surface area contributed by atoms with Crippen molar-refractivity contribution in [1.29, 1.82) is 0 Å². The van der Waals surface area contributed by atoms with Crippen LogP contribution in [0.2, 0.25) is 0 Å². The van der Waals surface area contributed by atoms with Crippen molar-refractivity contribution in [3.05, 3.63) is 52.7 Å². The van der Waals surface area contributed by atoms with Crippen LogP contribution in [0.3, 0.4) is 0 Å². The molecule has 0 unspecified atom stereocenters. The lowest BCUT2D eigenvalue weighted by Crippen LogP contribution is -2.25. The van der Waals surface area contributed by atoms with Crippen LogP contribution < -0.4 is 5.73 Å². The molecule has 0 aliphatic rings. The van der Waals surface area contributed by atoms with E-state index >= 15 is 0 Å². The second-order valence-corrected chi connectivity index (χ2v) is 7.76. The van der Waals surface area contributed by atoms with Gasteiger partial charge >= 0.3 is 0 Å². The van der Waals surface area contributed by atoms with Crippen molar-refractivity contribution < 1.29 is 12.8 Å². The van der Waals surface area contributed by atoms with Crippen molar-refractivity contribution in [2.24, 2.45) is 5.73 Å². The first kappa shape index (κ1) is 15.1. The third-order valence-corrected chi connectivity index (χ3v) is 6.18. The van der Waals surface area contributed by atoms with E-state index in [0.29, 0.717) is 12.1 Å². The maximum Gasteiger partial charge on any atom is 0.252 e. The standard InChI is InChI=1S/C13H15FN2O2S2/c1-16(9-10-3-2-4-11(14)7-10)20(17,18)13-6-5-12(8-15)19-13/h2-7H,8-9,15H2,1H3. The molecule has 0 spiro atoms. The summed E-state index contributed by atoms with van der Waals surface area (Å²) in [6.45, 7) is 0.434. The fraction of sp³-hybridized carbons (Fsp3) is 0.231. The number of nitrogens with zero attached hydrogens (tertiary/aromatic N) is 1. The summed E-state index contributed by atoms with van der Waals surface area (Å²) < 4.78 is 39.3. The van der Waals surface area contributed by atoms with Crippen LogP contribution in [-0.2, 0) is 23.1 Å². The predicted molar refractivity (Wildman–Crippen MR) is 77.3 cm³/mol. The van der Waals surface area contributed by atoms with Crippen LogP contribution in [0.5, 0.6) is 0 Å². The molecule has 0 atom stereocenters. The summed E-state index contributed by atoms with van der Waals surface area (Å²) in [4.78, 5) is 0.808. The molecular formula is C13H15FN2O2S2. The van der Waals surface area contributed by atoms with Gasteiger partial charge in [-0.15, -0.1) is 11.3 Å². The molecule has 0 bridgehead atoms. The van der Waals surface area contributed by atoms with Gasteiger partial charge in [-0.25, -0.2) is 12.8 Å². The van der Waals surface area contributed by atoms with Gasteiger partial charge in [0.1, 0.15) is 10.0 Å². The third kappa shape index (κ3) is 3.24. The molecule has 0 saturated heterocycles. The summed E-state index contributed by atoms with van der Waals surface area (Å²) in [6, 6.07) is 9.14. The number of hydrogen-bond acceptors (Lipinski definition) is 4. The number of sulfonamides is 1. The van der Waals surface area contributed by atoms with Gasteiger partial charge in [0, 0.05) is 25.0 Å². The SMILES string of the molecule is CN(Cc1cccc(F)c1)S(=O)(=O)c1ccc(CN)s1. The van der Waals surface area contributed by atoms with E-state index in [-0.39, 0.29) is 16.6 Å². The highest BCUT2D eigenvalue weighted by molar-refractivity contribution is 7.91. The number of hydrogen-bond donors (Lipinski definition) is 1. The molecule has 4 nitrogen and oxygen atoms in total. The lowest BCUT2D eigenvalue weighted by Gasteiger charge is -2.16. The summed E-state index contributed by atoms with van der Waals surface area (Å²) in [5, 5.41) is 0. The minimum Gasteiger partial charge on any atom is -0.326 e. The van der Waals surface area contributed by atoms with Crippen molar-refractivity contribution in [2.75, 3.05) is 7.05 Å². The topological polar surface area (TPSA) is 63.4 Å². The Bertz CT molecular complexity index is 698. The predicted octanol–water partition coefficient (Wildman–Crippen LogP) is 2.17. The van der Waals surface area contributed by atoms with Gasteiger partial charge in [-0.3, -0.25) is 0 Å². The van der Waals surface area contributed by atoms with E-state index in [4.69, 9.17) is 5.73 Å². The monoisotopic (exact) mass is 314 g/mol. The molecule has 2 N–H and O–H groups in total. The number of halogens is 1. The molecule has 108 valence electrons. The van der Waals surface area contributed by atoms with Crippen molar-refractivity contribution in [3.8, 4) is 0 Å². The molecule has 0 aliphatic heterocycles. The van der Waals surface area contributed by atoms with Gasteiger partial charge < -0.3 is 5.73 Å². The molecule has 0 fully saturated rings. The Morgan fingerprint density at radius 1 is 1.30 bits per heavy atom. The van der Waals surface area contributed by atoms with Gasteiger partial charge in [0.05, 0.1) is 0 Å². The third-order valence-electron chi connectivity index (χ3n) is 2.80. The van der Waals surface area contributed by atoms with Gasteiger partial charge in [0.15, 0.2) is 0 Å². The minimum atomic E-state index is -3.57. The summed E-state index contributed by atoms with van der Waals surface area (Å²) in [5.41, 5.74) is 6.09. The second-order valence-electron chi connectivity index (χ2n) is 4.32. The van der Waals surface area contributed by atoms with Crippen molar-refractivity contribution in [1.82, 2.24) is 4.31 Å². The van der Waals surface area contributed by atoms with E-state index in [1.165, 1.54) is 23.5 Å². The molecule has 20 heavy (non-hydrogen) atoms. The summed E-state index contributed by atoms with van der Waals surface area (Å²) in [5.74, 6) is -0.380. The first-order valence-corrected chi connectivity index (χ1v) is 8.18. The molecule has 1 aromatic heterocycles. The Morgan fingerprint density at radius 3 is 2.65 bits per heavy atom. The van der Waals surface area contributed by atoms with Gasteiger partial charge in [-0.05, 0) is 29.8 Å². The molecule has 2 rings (SSSR count). The van der Waals surface area contributed by atoms with Crippen LogP contribution >= 0.6 is 11.3 Å². The Hall–Kier alpha value is -1.28. The van der Waals surface area contributed by atoms with Crippen LogP contribution in [0.25, 0.3) is 0 Å². The Morgan fingerprint density at radius 2 is 2.05 bits per heavy atom. The van der Waals surface area contributed by atoms with Gasteiger partial charge in [-0.1, -0.05) is 12.1 Å². The fourth-order valence-electron chi connectivity index (χ4n) is 1.74. The number of rotatable bonds is 5. The maximum absolute atomic E-state index is 13.1. The zero-order valence-electron chi connectivity index (χ0n) is 10.9. The van der Waals surface area contributed by atoms with Crippen LogP contribution in [0.4, 0.5) is 4.39 Å². The summed E-state index contributed by atoms with van der Waals surface area (Å²) in [6.07, 6.45) is 0. The van der Waals surface area contributed by atoms with E-state index < -0.39 is 10.0 Å². The Balaban J connectivity index is 2.21. The molecule has 2 aromatic rings. The molecule has 0 saturated carbocycles. The van der Waals surface area contributed by atoms with Crippen LogP contribution in [0.15, 0.2) is 40.6 Å². The van der Waals surface area contributed by atoms with Crippen LogP contribution in [-0.4, -0.2) is 19.8 Å². The molecule has 1 aromatic carbocycles. The Labute approximate surface area is 121 Å². The van der Waals surface area contributed by atoms with Gasteiger partial charge in [0.2, 0.25) is 0 Å². The second kappa shape index (κ2) is 6.01. The molecular weight excluding hydrogens is 299 g/mol. The van der Waals surface area contributed by atoms with Gasteiger partial charge in [0.25, 0.3) is 10.0 Å². The van der Waals surface area contributed by atoms with E-state index in [9.17, 15) is 12.8 Å². The van der Waals surface area contributed by atoms with Crippen molar-refractivity contribution >= 4 is 21.4 Å². The highest BCUT2D eigenvalue weighted by Crippen LogP contribution is 2.25. The highest BCUT2D eigenvalue weighted by atomic mass is 32.2. The molecule has 1 heterocycles. The molecule has 0 aliphatic carbocycles. The van der Waals surface area contributed by atoms with Crippen LogP contribution in [0, 0.1) is 5.82 Å². The smallest absolute Gasteiger partial charge is 0.252 e. The van der Waals surface area contributed by atoms with Crippen molar-refractivity contribution in [3.63, 3.8) is 0 Å². The Kier molecular flexibility index (Phi) is 4.54.